The molecule has 0 aromatic heterocycles. The van der Waals surface area contributed by atoms with Crippen LogP contribution in [0.2, 0.25) is 0 Å². The van der Waals surface area contributed by atoms with Crippen molar-refractivity contribution in [2.45, 2.75) is 32.2 Å². The maximum atomic E-state index is 11.4. The van der Waals surface area contributed by atoms with E-state index >= 15 is 0 Å². The SMILES string of the molecule is C[C@H](CN)NS(=O)(=O)CCC1CC1. The molecule has 0 amide bonds. The van der Waals surface area contributed by atoms with Gasteiger partial charge in [0.05, 0.1) is 5.75 Å². The lowest BCUT2D eigenvalue weighted by molar-refractivity contribution is 0.558. The second-order valence-electron chi connectivity index (χ2n) is 3.81. The van der Waals surface area contributed by atoms with Gasteiger partial charge in [-0.25, -0.2) is 13.1 Å². The van der Waals surface area contributed by atoms with Crippen LogP contribution >= 0.6 is 0 Å². The van der Waals surface area contributed by atoms with E-state index in [1.54, 1.807) is 6.92 Å². The van der Waals surface area contributed by atoms with E-state index in [0.717, 1.165) is 6.42 Å². The zero-order valence-electron chi connectivity index (χ0n) is 7.99. The minimum Gasteiger partial charge on any atom is -0.329 e. The Hall–Kier alpha value is -0.130. The molecule has 0 heterocycles. The van der Waals surface area contributed by atoms with Crippen molar-refractivity contribution in [1.82, 2.24) is 4.72 Å². The minimum absolute atomic E-state index is 0.149. The number of nitrogens with one attached hydrogen (secondary N) is 1. The molecular weight excluding hydrogens is 188 g/mol. The maximum Gasteiger partial charge on any atom is 0.211 e. The van der Waals surface area contributed by atoms with Gasteiger partial charge >= 0.3 is 0 Å². The van der Waals surface area contributed by atoms with Crippen LogP contribution < -0.4 is 10.5 Å². The second kappa shape index (κ2) is 4.39. The molecule has 13 heavy (non-hydrogen) atoms. The zero-order chi connectivity index (χ0) is 9.90. The second-order valence-corrected chi connectivity index (χ2v) is 5.68. The van der Waals surface area contributed by atoms with Gasteiger partial charge in [0.1, 0.15) is 0 Å². The first-order valence-corrected chi connectivity index (χ1v) is 6.39. The quantitative estimate of drug-likeness (QED) is 0.645. The molecular formula is C8H18N2O2S. The molecule has 0 bridgehead atoms. The molecule has 3 N–H and O–H groups in total. The van der Waals surface area contributed by atoms with E-state index in [1.165, 1.54) is 12.8 Å². The molecule has 1 atom stereocenters. The van der Waals surface area contributed by atoms with Crippen molar-refractivity contribution in [2.75, 3.05) is 12.3 Å². The van der Waals surface area contributed by atoms with Crippen LogP contribution in [0.1, 0.15) is 26.2 Å². The molecule has 1 aliphatic carbocycles. The summed E-state index contributed by atoms with van der Waals surface area (Å²) in [5, 5.41) is 0. The van der Waals surface area contributed by atoms with Crippen LogP contribution in [0.5, 0.6) is 0 Å². The summed E-state index contributed by atoms with van der Waals surface area (Å²) >= 11 is 0. The van der Waals surface area contributed by atoms with Crippen molar-refractivity contribution in [1.29, 1.82) is 0 Å². The lowest BCUT2D eigenvalue weighted by Crippen LogP contribution is -2.39. The van der Waals surface area contributed by atoms with Crippen LogP contribution in [0, 0.1) is 5.92 Å². The summed E-state index contributed by atoms with van der Waals surface area (Å²) < 4.78 is 25.3. The number of rotatable bonds is 6. The fraction of sp³-hybridized carbons (Fsp3) is 1.00. The van der Waals surface area contributed by atoms with Crippen molar-refractivity contribution in [3.05, 3.63) is 0 Å². The lowest BCUT2D eigenvalue weighted by Gasteiger charge is -2.11. The molecule has 78 valence electrons. The molecule has 5 heteroatoms. The summed E-state index contributed by atoms with van der Waals surface area (Å²) in [5.41, 5.74) is 5.32. The summed E-state index contributed by atoms with van der Waals surface area (Å²) in [4.78, 5) is 0. The van der Waals surface area contributed by atoms with Gasteiger partial charge in [0, 0.05) is 12.6 Å². The average molecular weight is 206 g/mol. The van der Waals surface area contributed by atoms with Gasteiger partial charge in [-0.3, -0.25) is 0 Å². The van der Waals surface area contributed by atoms with Crippen molar-refractivity contribution in [2.24, 2.45) is 11.7 Å². The average Bonchev–Trinajstić information content (AvgIpc) is 2.83. The first-order valence-electron chi connectivity index (χ1n) is 4.73. The van der Waals surface area contributed by atoms with Gasteiger partial charge in [-0.2, -0.15) is 0 Å². The minimum atomic E-state index is -3.08. The Bertz CT molecular complexity index is 247. The normalized spacial score (nSPS) is 20.2. The Morgan fingerprint density at radius 1 is 1.54 bits per heavy atom. The highest BCUT2D eigenvalue weighted by Crippen LogP contribution is 2.32. The summed E-state index contributed by atoms with van der Waals surface area (Å²) in [7, 11) is -3.08. The third kappa shape index (κ3) is 4.59. The van der Waals surface area contributed by atoms with E-state index in [9.17, 15) is 8.42 Å². The Balaban J connectivity index is 2.26. The van der Waals surface area contributed by atoms with Crippen LogP contribution in [-0.2, 0) is 10.0 Å². The fourth-order valence-electron chi connectivity index (χ4n) is 1.14. The van der Waals surface area contributed by atoms with Gasteiger partial charge in [0.15, 0.2) is 0 Å². The molecule has 1 rings (SSSR count). The molecule has 0 radical (unpaired) electrons. The summed E-state index contributed by atoms with van der Waals surface area (Å²) in [6, 6.07) is -0.149. The molecule has 1 saturated carbocycles. The first kappa shape index (κ1) is 10.9. The molecule has 0 aromatic carbocycles. The van der Waals surface area contributed by atoms with Crippen LogP contribution in [0.15, 0.2) is 0 Å². The van der Waals surface area contributed by atoms with Crippen molar-refractivity contribution in [3.63, 3.8) is 0 Å². The highest BCUT2D eigenvalue weighted by Gasteiger charge is 2.24. The van der Waals surface area contributed by atoms with Crippen molar-refractivity contribution >= 4 is 10.0 Å². The number of nitrogens with two attached hydrogens (primary N) is 1. The third-order valence-corrected chi connectivity index (χ3v) is 3.76. The van der Waals surface area contributed by atoms with Gasteiger partial charge in [0.25, 0.3) is 0 Å². The van der Waals surface area contributed by atoms with E-state index in [1.807, 2.05) is 0 Å². The highest BCUT2D eigenvalue weighted by molar-refractivity contribution is 7.89. The van der Waals surface area contributed by atoms with E-state index < -0.39 is 10.0 Å². The van der Waals surface area contributed by atoms with Gasteiger partial charge in [-0.05, 0) is 19.3 Å². The molecule has 1 aliphatic rings. The number of hydrogen-bond acceptors (Lipinski definition) is 3. The zero-order valence-corrected chi connectivity index (χ0v) is 8.81. The first-order chi connectivity index (χ1) is 6.03. The summed E-state index contributed by atoms with van der Waals surface area (Å²) in [6.45, 7) is 2.12. The molecule has 0 aliphatic heterocycles. The van der Waals surface area contributed by atoms with Crippen LogP contribution in [0.25, 0.3) is 0 Å². The predicted molar refractivity (Wildman–Crippen MR) is 52.8 cm³/mol. The lowest BCUT2D eigenvalue weighted by atomic mass is 10.3. The van der Waals surface area contributed by atoms with Gasteiger partial charge < -0.3 is 5.73 Å². The topological polar surface area (TPSA) is 72.2 Å². The molecule has 1 fully saturated rings. The van der Waals surface area contributed by atoms with E-state index in [0.29, 0.717) is 12.5 Å². The fourth-order valence-corrected chi connectivity index (χ4v) is 2.61. The van der Waals surface area contributed by atoms with Crippen molar-refractivity contribution in [3.8, 4) is 0 Å². The summed E-state index contributed by atoms with van der Waals surface area (Å²) in [5.74, 6) is 0.909. The summed E-state index contributed by atoms with van der Waals surface area (Å²) in [6.07, 6.45) is 3.19. The number of hydrogen-bond donors (Lipinski definition) is 2. The molecule has 0 unspecified atom stereocenters. The van der Waals surface area contributed by atoms with Crippen LogP contribution in [0.4, 0.5) is 0 Å². The largest absolute Gasteiger partial charge is 0.329 e. The third-order valence-electron chi connectivity index (χ3n) is 2.23. The Kier molecular flexibility index (Phi) is 3.70. The van der Waals surface area contributed by atoms with E-state index in [2.05, 4.69) is 4.72 Å². The maximum absolute atomic E-state index is 11.4. The van der Waals surface area contributed by atoms with Crippen LogP contribution in [-0.4, -0.2) is 26.8 Å². The Labute approximate surface area is 79.9 Å². The standard InChI is InChI=1S/C8H18N2O2S/c1-7(6-9)10-13(11,12)5-4-8-2-3-8/h7-8,10H,2-6,9H2,1H3/t7-/m1/s1. The van der Waals surface area contributed by atoms with Gasteiger partial charge in [-0.1, -0.05) is 12.8 Å². The molecule has 0 spiro atoms. The van der Waals surface area contributed by atoms with E-state index in [-0.39, 0.29) is 11.8 Å². The monoisotopic (exact) mass is 206 g/mol. The van der Waals surface area contributed by atoms with Crippen LogP contribution in [0.3, 0.4) is 0 Å². The molecule has 0 saturated heterocycles. The van der Waals surface area contributed by atoms with E-state index in [4.69, 9.17) is 5.73 Å². The van der Waals surface area contributed by atoms with Gasteiger partial charge in [0.2, 0.25) is 10.0 Å². The van der Waals surface area contributed by atoms with Gasteiger partial charge in [-0.15, -0.1) is 0 Å². The Morgan fingerprint density at radius 3 is 2.62 bits per heavy atom. The molecule has 0 aromatic rings. The predicted octanol–water partition coefficient (Wildman–Crippen LogP) is 0.0531. The Morgan fingerprint density at radius 2 is 2.15 bits per heavy atom. The smallest absolute Gasteiger partial charge is 0.211 e. The molecule has 4 nitrogen and oxygen atoms in total. The number of sulfonamides is 1. The highest BCUT2D eigenvalue weighted by atomic mass is 32.2. The van der Waals surface area contributed by atoms with Crippen molar-refractivity contribution < 1.29 is 8.42 Å².